The second-order valence-corrected chi connectivity index (χ2v) is 6.07. The number of hydrogen-bond donors (Lipinski definition) is 1. The summed E-state index contributed by atoms with van der Waals surface area (Å²) >= 11 is 2.16. The molecule has 3 nitrogen and oxygen atoms in total. The van der Waals surface area contributed by atoms with Crippen LogP contribution in [-0.2, 0) is 11.0 Å². The first kappa shape index (κ1) is 17.6. The van der Waals surface area contributed by atoms with Gasteiger partial charge in [-0.3, -0.25) is 4.79 Å². The summed E-state index contributed by atoms with van der Waals surface area (Å²) in [5.41, 5.74) is 0.719. The molecule has 1 N–H and O–H groups in total. The number of aryl methyl sites for hydroxylation is 1. The SMILES string of the molecule is Cc1cc(I)ccc1NC(=O)COc1cccc(C(F)(F)F)c1. The van der Waals surface area contributed by atoms with E-state index in [1.165, 1.54) is 12.1 Å². The van der Waals surface area contributed by atoms with Crippen LogP contribution in [0.1, 0.15) is 11.1 Å². The molecular weight excluding hydrogens is 422 g/mol. The van der Waals surface area contributed by atoms with Crippen LogP contribution in [0.5, 0.6) is 5.75 Å². The molecule has 0 fully saturated rings. The van der Waals surface area contributed by atoms with Gasteiger partial charge in [0.25, 0.3) is 5.91 Å². The second-order valence-electron chi connectivity index (χ2n) is 4.82. The van der Waals surface area contributed by atoms with Gasteiger partial charge in [-0.2, -0.15) is 13.2 Å². The van der Waals surface area contributed by atoms with E-state index < -0.39 is 17.6 Å². The molecule has 0 atom stereocenters. The van der Waals surface area contributed by atoms with E-state index >= 15 is 0 Å². The molecule has 2 aromatic rings. The Morgan fingerprint density at radius 2 is 1.96 bits per heavy atom. The molecule has 7 heteroatoms. The van der Waals surface area contributed by atoms with E-state index in [0.717, 1.165) is 21.3 Å². The van der Waals surface area contributed by atoms with E-state index in [9.17, 15) is 18.0 Å². The molecule has 0 spiro atoms. The fourth-order valence-electron chi connectivity index (χ4n) is 1.86. The lowest BCUT2D eigenvalue weighted by molar-refractivity contribution is -0.137. The second kappa shape index (κ2) is 7.20. The summed E-state index contributed by atoms with van der Waals surface area (Å²) in [6, 6.07) is 9.93. The number of carbonyl (C=O) groups is 1. The van der Waals surface area contributed by atoms with Crippen LogP contribution in [0.2, 0.25) is 0 Å². The number of carbonyl (C=O) groups excluding carboxylic acids is 1. The predicted octanol–water partition coefficient (Wildman–Crippen LogP) is 4.64. The third-order valence-corrected chi connectivity index (χ3v) is 3.66. The van der Waals surface area contributed by atoms with Crippen LogP contribution in [0.3, 0.4) is 0 Å². The lowest BCUT2D eigenvalue weighted by Crippen LogP contribution is -2.20. The first-order chi connectivity index (χ1) is 10.8. The molecule has 0 radical (unpaired) electrons. The number of halogens is 4. The standard InChI is InChI=1S/C16H13F3INO2/c1-10-7-12(20)5-6-14(10)21-15(22)9-23-13-4-2-3-11(8-13)16(17,18)19/h2-8H,9H2,1H3,(H,21,22). The average molecular weight is 435 g/mol. The Hall–Kier alpha value is -1.77. The maximum Gasteiger partial charge on any atom is 0.416 e. The number of amides is 1. The highest BCUT2D eigenvalue weighted by atomic mass is 127. The minimum atomic E-state index is -4.44. The summed E-state index contributed by atoms with van der Waals surface area (Å²) < 4.78 is 44.0. The van der Waals surface area contributed by atoms with Crippen LogP contribution in [0.15, 0.2) is 42.5 Å². The number of nitrogens with one attached hydrogen (secondary N) is 1. The van der Waals surface area contributed by atoms with E-state index in [1.54, 1.807) is 6.07 Å². The molecular formula is C16H13F3INO2. The Kier molecular flexibility index (Phi) is 5.51. The molecule has 2 rings (SSSR count). The first-order valence-electron chi connectivity index (χ1n) is 6.62. The van der Waals surface area contributed by atoms with Crippen molar-refractivity contribution in [2.45, 2.75) is 13.1 Å². The van der Waals surface area contributed by atoms with Gasteiger partial charge in [-0.1, -0.05) is 6.07 Å². The fraction of sp³-hybridized carbons (Fsp3) is 0.188. The van der Waals surface area contributed by atoms with Gasteiger partial charge in [0.2, 0.25) is 0 Å². The van der Waals surface area contributed by atoms with Gasteiger partial charge in [-0.25, -0.2) is 0 Å². The maximum absolute atomic E-state index is 12.6. The van der Waals surface area contributed by atoms with Gasteiger partial charge in [0.1, 0.15) is 5.75 Å². The molecule has 0 saturated carbocycles. The summed E-state index contributed by atoms with van der Waals surface area (Å²) in [4.78, 5) is 11.8. The Labute approximate surface area is 145 Å². The van der Waals surface area contributed by atoms with Gasteiger partial charge in [0.05, 0.1) is 5.56 Å². The van der Waals surface area contributed by atoms with Crippen molar-refractivity contribution in [1.29, 1.82) is 0 Å². The van der Waals surface area contributed by atoms with Gasteiger partial charge in [0, 0.05) is 9.26 Å². The number of rotatable bonds is 4. The van der Waals surface area contributed by atoms with Gasteiger partial charge in [-0.05, 0) is 71.5 Å². The molecule has 0 aliphatic rings. The summed E-state index contributed by atoms with van der Waals surface area (Å²) in [6.07, 6.45) is -4.44. The molecule has 0 aliphatic heterocycles. The summed E-state index contributed by atoms with van der Waals surface area (Å²) in [6.45, 7) is 1.48. The van der Waals surface area contributed by atoms with E-state index in [2.05, 4.69) is 27.9 Å². The number of anilines is 1. The van der Waals surface area contributed by atoms with Crippen molar-refractivity contribution in [1.82, 2.24) is 0 Å². The van der Waals surface area contributed by atoms with E-state index in [4.69, 9.17) is 4.74 Å². The highest BCUT2D eigenvalue weighted by molar-refractivity contribution is 14.1. The van der Waals surface area contributed by atoms with Crippen LogP contribution in [0, 0.1) is 10.5 Å². The van der Waals surface area contributed by atoms with Gasteiger partial charge >= 0.3 is 6.18 Å². The molecule has 2 aromatic carbocycles. The minimum Gasteiger partial charge on any atom is -0.484 e. The van der Waals surface area contributed by atoms with Crippen LogP contribution >= 0.6 is 22.6 Å². The highest BCUT2D eigenvalue weighted by Gasteiger charge is 2.30. The minimum absolute atomic E-state index is 0.00527. The third-order valence-electron chi connectivity index (χ3n) is 2.99. The topological polar surface area (TPSA) is 38.3 Å². The molecule has 23 heavy (non-hydrogen) atoms. The number of hydrogen-bond acceptors (Lipinski definition) is 2. The van der Waals surface area contributed by atoms with Crippen molar-refractivity contribution in [2.24, 2.45) is 0 Å². The van der Waals surface area contributed by atoms with Gasteiger partial charge < -0.3 is 10.1 Å². The lowest BCUT2D eigenvalue weighted by Gasteiger charge is -2.11. The Balaban J connectivity index is 1.97. The fourth-order valence-corrected chi connectivity index (χ4v) is 2.51. The summed E-state index contributed by atoms with van der Waals surface area (Å²) in [7, 11) is 0. The zero-order chi connectivity index (χ0) is 17.0. The monoisotopic (exact) mass is 435 g/mol. The molecule has 1 amide bonds. The summed E-state index contributed by atoms with van der Waals surface area (Å²) in [5, 5.41) is 2.66. The van der Waals surface area contributed by atoms with E-state index in [1.807, 2.05) is 19.1 Å². The smallest absolute Gasteiger partial charge is 0.416 e. The number of ether oxygens (including phenoxy) is 1. The number of alkyl halides is 3. The molecule has 0 heterocycles. The quantitative estimate of drug-likeness (QED) is 0.712. The van der Waals surface area contributed by atoms with E-state index in [0.29, 0.717) is 5.69 Å². The van der Waals surface area contributed by atoms with Crippen LogP contribution in [-0.4, -0.2) is 12.5 Å². The van der Waals surface area contributed by atoms with E-state index in [-0.39, 0.29) is 12.4 Å². The first-order valence-corrected chi connectivity index (χ1v) is 7.69. The normalized spacial score (nSPS) is 11.2. The van der Waals surface area contributed by atoms with Gasteiger partial charge in [0.15, 0.2) is 6.61 Å². The zero-order valence-corrected chi connectivity index (χ0v) is 14.2. The molecule has 0 aromatic heterocycles. The Morgan fingerprint density at radius 3 is 2.61 bits per heavy atom. The molecule has 0 aliphatic carbocycles. The lowest BCUT2D eigenvalue weighted by atomic mass is 10.2. The van der Waals surface area contributed by atoms with Crippen LogP contribution in [0.25, 0.3) is 0 Å². The van der Waals surface area contributed by atoms with Crippen molar-refractivity contribution in [2.75, 3.05) is 11.9 Å². The van der Waals surface area contributed by atoms with Crippen molar-refractivity contribution in [3.8, 4) is 5.75 Å². The summed E-state index contributed by atoms with van der Waals surface area (Å²) in [5.74, 6) is -0.443. The maximum atomic E-state index is 12.6. The van der Waals surface area contributed by atoms with Gasteiger partial charge in [-0.15, -0.1) is 0 Å². The average Bonchev–Trinajstić information content (AvgIpc) is 2.47. The van der Waals surface area contributed by atoms with Crippen molar-refractivity contribution in [3.05, 3.63) is 57.2 Å². The Bertz CT molecular complexity index is 717. The molecule has 0 bridgehead atoms. The molecule has 0 saturated heterocycles. The third kappa shape index (κ3) is 5.12. The van der Waals surface area contributed by atoms with Crippen molar-refractivity contribution >= 4 is 34.2 Å². The number of benzene rings is 2. The molecule has 0 unspecified atom stereocenters. The zero-order valence-electron chi connectivity index (χ0n) is 12.1. The van der Waals surface area contributed by atoms with Crippen LogP contribution < -0.4 is 10.1 Å². The molecule has 122 valence electrons. The highest BCUT2D eigenvalue weighted by Crippen LogP contribution is 2.31. The largest absolute Gasteiger partial charge is 0.484 e. The Morgan fingerprint density at radius 1 is 1.22 bits per heavy atom. The predicted molar refractivity (Wildman–Crippen MR) is 89.5 cm³/mol. The van der Waals surface area contributed by atoms with Crippen LogP contribution in [0.4, 0.5) is 18.9 Å². The van der Waals surface area contributed by atoms with Crippen molar-refractivity contribution in [3.63, 3.8) is 0 Å². The van der Waals surface area contributed by atoms with Crippen molar-refractivity contribution < 1.29 is 22.7 Å².